The van der Waals surface area contributed by atoms with Crippen LogP contribution in [0.4, 0.5) is 0 Å². The van der Waals surface area contributed by atoms with Crippen molar-refractivity contribution >= 4 is 5.97 Å². The van der Waals surface area contributed by atoms with Gasteiger partial charge in [0.15, 0.2) is 5.69 Å². The summed E-state index contributed by atoms with van der Waals surface area (Å²) in [5.41, 5.74) is 0.841. The van der Waals surface area contributed by atoms with Gasteiger partial charge in [0, 0.05) is 5.92 Å². The fourth-order valence-electron chi connectivity index (χ4n) is 2.44. The van der Waals surface area contributed by atoms with Crippen molar-refractivity contribution < 1.29 is 15.0 Å². The van der Waals surface area contributed by atoms with E-state index < -0.39 is 12.2 Å². The highest BCUT2D eigenvalue weighted by atomic mass is 16.4. The van der Waals surface area contributed by atoms with E-state index in [-0.39, 0.29) is 5.69 Å². The number of aromatic carboxylic acids is 1. The number of fused-ring (bicyclic) bond motifs is 1. The summed E-state index contributed by atoms with van der Waals surface area (Å²) in [5.74, 6) is 0.156. The summed E-state index contributed by atoms with van der Waals surface area (Å²) < 4.78 is 1.75. The second kappa shape index (κ2) is 3.31. The third kappa shape index (κ3) is 1.35. The standard InChI is InChI=1S/C11H14N2O3/c14-8-3-1-2-7-9(11(15)16)12-10(13(7)8)6-4-5-6/h6,8,14H,1-5H2,(H,15,16). The molecule has 2 N–H and O–H groups in total. The molecule has 1 atom stereocenters. The van der Waals surface area contributed by atoms with E-state index in [9.17, 15) is 9.90 Å². The Morgan fingerprint density at radius 1 is 1.38 bits per heavy atom. The molecule has 0 amide bonds. The van der Waals surface area contributed by atoms with Gasteiger partial charge in [-0.05, 0) is 32.1 Å². The van der Waals surface area contributed by atoms with Gasteiger partial charge in [-0.1, -0.05) is 0 Å². The zero-order valence-electron chi connectivity index (χ0n) is 8.89. The van der Waals surface area contributed by atoms with Crippen LogP contribution in [0.5, 0.6) is 0 Å². The average molecular weight is 222 g/mol. The fourth-order valence-corrected chi connectivity index (χ4v) is 2.44. The van der Waals surface area contributed by atoms with Crippen LogP contribution in [0.3, 0.4) is 0 Å². The van der Waals surface area contributed by atoms with Gasteiger partial charge in [0.1, 0.15) is 12.1 Å². The third-order valence-electron chi connectivity index (χ3n) is 3.36. The third-order valence-corrected chi connectivity index (χ3v) is 3.36. The predicted molar refractivity (Wildman–Crippen MR) is 55.4 cm³/mol. The summed E-state index contributed by atoms with van der Waals surface area (Å²) >= 11 is 0. The molecule has 2 heterocycles. The number of carbonyl (C=O) groups is 1. The molecule has 1 aromatic rings. The smallest absolute Gasteiger partial charge is 0.356 e. The number of rotatable bonds is 2. The van der Waals surface area contributed by atoms with E-state index in [1.807, 2.05) is 0 Å². The molecule has 2 aliphatic rings. The van der Waals surface area contributed by atoms with E-state index in [4.69, 9.17) is 5.11 Å². The molecule has 0 aromatic carbocycles. The number of carboxylic acids is 1. The molecule has 1 unspecified atom stereocenters. The van der Waals surface area contributed by atoms with Gasteiger partial charge in [0.05, 0.1) is 5.69 Å². The van der Waals surface area contributed by atoms with Gasteiger partial charge < -0.3 is 14.8 Å². The van der Waals surface area contributed by atoms with Crippen LogP contribution in [0.15, 0.2) is 0 Å². The molecule has 1 aliphatic heterocycles. The molecule has 3 rings (SSSR count). The van der Waals surface area contributed by atoms with Crippen molar-refractivity contribution in [3.05, 3.63) is 17.2 Å². The minimum Gasteiger partial charge on any atom is -0.476 e. The van der Waals surface area contributed by atoms with E-state index in [0.717, 1.165) is 25.1 Å². The van der Waals surface area contributed by atoms with Crippen LogP contribution in [0, 0.1) is 0 Å². The van der Waals surface area contributed by atoms with Gasteiger partial charge in [-0.15, -0.1) is 0 Å². The molecule has 16 heavy (non-hydrogen) atoms. The normalized spacial score (nSPS) is 24.2. The van der Waals surface area contributed by atoms with Crippen LogP contribution in [-0.4, -0.2) is 25.7 Å². The zero-order valence-corrected chi connectivity index (χ0v) is 8.89. The van der Waals surface area contributed by atoms with Crippen molar-refractivity contribution in [2.24, 2.45) is 0 Å². The summed E-state index contributed by atoms with van der Waals surface area (Å²) in [7, 11) is 0. The minimum absolute atomic E-state index is 0.139. The Morgan fingerprint density at radius 2 is 2.12 bits per heavy atom. The topological polar surface area (TPSA) is 75.3 Å². The van der Waals surface area contributed by atoms with Crippen molar-refractivity contribution in [1.29, 1.82) is 0 Å². The van der Waals surface area contributed by atoms with Crippen molar-refractivity contribution in [2.45, 2.75) is 44.2 Å². The number of aliphatic hydroxyl groups excluding tert-OH is 1. The molecule has 5 nitrogen and oxygen atoms in total. The van der Waals surface area contributed by atoms with Crippen LogP contribution in [-0.2, 0) is 6.42 Å². The lowest BCUT2D eigenvalue weighted by Crippen LogP contribution is -2.20. The Balaban J connectivity index is 2.15. The summed E-state index contributed by atoms with van der Waals surface area (Å²) in [6.07, 6.45) is 3.77. The van der Waals surface area contributed by atoms with Gasteiger partial charge in [0.25, 0.3) is 0 Å². The summed E-state index contributed by atoms with van der Waals surface area (Å²) in [4.78, 5) is 15.3. The molecular formula is C11H14N2O3. The van der Waals surface area contributed by atoms with E-state index in [1.54, 1.807) is 4.57 Å². The largest absolute Gasteiger partial charge is 0.476 e. The van der Waals surface area contributed by atoms with Crippen LogP contribution < -0.4 is 0 Å². The zero-order chi connectivity index (χ0) is 11.3. The number of aliphatic hydroxyl groups is 1. The van der Waals surface area contributed by atoms with Crippen molar-refractivity contribution in [2.75, 3.05) is 0 Å². The van der Waals surface area contributed by atoms with Gasteiger partial charge in [-0.2, -0.15) is 0 Å². The first-order chi connectivity index (χ1) is 7.68. The quantitative estimate of drug-likeness (QED) is 0.790. The van der Waals surface area contributed by atoms with E-state index in [1.165, 1.54) is 0 Å². The number of carboxylic acid groups (broad SMARTS) is 1. The van der Waals surface area contributed by atoms with Crippen molar-refractivity contribution in [3.8, 4) is 0 Å². The van der Waals surface area contributed by atoms with Gasteiger partial charge in [-0.3, -0.25) is 0 Å². The predicted octanol–water partition coefficient (Wildman–Crippen LogP) is 1.29. The van der Waals surface area contributed by atoms with Crippen molar-refractivity contribution in [3.63, 3.8) is 0 Å². The van der Waals surface area contributed by atoms with Gasteiger partial charge in [-0.25, -0.2) is 9.78 Å². The second-order valence-corrected chi connectivity index (χ2v) is 4.59. The van der Waals surface area contributed by atoms with Gasteiger partial charge in [0.2, 0.25) is 0 Å². The maximum Gasteiger partial charge on any atom is 0.356 e. The molecule has 1 fully saturated rings. The highest BCUT2D eigenvalue weighted by Gasteiger charge is 2.35. The van der Waals surface area contributed by atoms with Crippen LogP contribution in [0.2, 0.25) is 0 Å². The SMILES string of the molecule is O=C(O)c1nc(C2CC2)n2c1CCCC2O. The first-order valence-corrected chi connectivity index (χ1v) is 5.71. The maximum absolute atomic E-state index is 11.1. The molecule has 86 valence electrons. The molecular weight excluding hydrogens is 208 g/mol. The van der Waals surface area contributed by atoms with E-state index in [0.29, 0.717) is 24.5 Å². The lowest BCUT2D eigenvalue weighted by atomic mass is 10.1. The van der Waals surface area contributed by atoms with Crippen LogP contribution >= 0.6 is 0 Å². The number of nitrogens with zero attached hydrogens (tertiary/aromatic N) is 2. The average Bonchev–Trinajstić information content (AvgIpc) is 2.99. The number of hydrogen-bond donors (Lipinski definition) is 2. The number of imidazole rings is 1. The number of hydrogen-bond acceptors (Lipinski definition) is 3. The van der Waals surface area contributed by atoms with Gasteiger partial charge >= 0.3 is 5.97 Å². The molecule has 0 spiro atoms. The Morgan fingerprint density at radius 3 is 2.75 bits per heavy atom. The molecule has 5 heteroatoms. The molecule has 0 bridgehead atoms. The summed E-state index contributed by atoms with van der Waals surface area (Å²) in [6, 6.07) is 0. The lowest BCUT2D eigenvalue weighted by Gasteiger charge is -2.23. The Kier molecular flexibility index (Phi) is 2.04. The van der Waals surface area contributed by atoms with Crippen molar-refractivity contribution in [1.82, 2.24) is 9.55 Å². The summed E-state index contributed by atoms with van der Waals surface area (Å²) in [6.45, 7) is 0. The lowest BCUT2D eigenvalue weighted by molar-refractivity contribution is 0.0675. The highest BCUT2D eigenvalue weighted by Crippen LogP contribution is 2.42. The number of aromatic nitrogens is 2. The molecule has 0 radical (unpaired) electrons. The molecule has 0 saturated heterocycles. The van der Waals surface area contributed by atoms with E-state index in [2.05, 4.69) is 4.98 Å². The Labute approximate surface area is 92.7 Å². The highest BCUT2D eigenvalue weighted by molar-refractivity contribution is 5.87. The Bertz CT molecular complexity index is 448. The summed E-state index contributed by atoms with van der Waals surface area (Å²) in [5, 5.41) is 19.0. The monoisotopic (exact) mass is 222 g/mol. The minimum atomic E-state index is -0.982. The molecule has 1 aliphatic carbocycles. The fraction of sp³-hybridized carbons (Fsp3) is 0.636. The molecule has 1 aromatic heterocycles. The Hall–Kier alpha value is -1.36. The molecule has 1 saturated carbocycles. The van der Waals surface area contributed by atoms with E-state index >= 15 is 0 Å². The van der Waals surface area contributed by atoms with Crippen LogP contribution in [0.25, 0.3) is 0 Å². The first-order valence-electron chi connectivity index (χ1n) is 5.71. The maximum atomic E-state index is 11.1. The van der Waals surface area contributed by atoms with Crippen LogP contribution in [0.1, 0.15) is 59.8 Å². The second-order valence-electron chi connectivity index (χ2n) is 4.59. The first kappa shape index (κ1) is 9.84.